The third-order valence-electron chi connectivity index (χ3n) is 4.63. The molecular formula is C17H27NO. The number of benzene rings is 1. The molecular weight excluding hydrogens is 234 g/mol. The highest BCUT2D eigenvalue weighted by Gasteiger charge is 2.40. The lowest BCUT2D eigenvalue weighted by Crippen LogP contribution is -2.43. The van der Waals surface area contributed by atoms with E-state index in [1.165, 1.54) is 17.5 Å². The van der Waals surface area contributed by atoms with Crippen LogP contribution in [0.5, 0.6) is 0 Å². The minimum absolute atomic E-state index is 0.346. The van der Waals surface area contributed by atoms with Crippen LogP contribution >= 0.6 is 0 Å². The van der Waals surface area contributed by atoms with Gasteiger partial charge in [-0.2, -0.15) is 0 Å². The fourth-order valence-electron chi connectivity index (χ4n) is 3.30. The predicted octanol–water partition coefficient (Wildman–Crippen LogP) is 3.24. The molecule has 0 aromatic heterocycles. The Kier molecular flexibility index (Phi) is 4.32. The lowest BCUT2D eigenvalue weighted by Gasteiger charge is -2.42. The van der Waals surface area contributed by atoms with Crippen molar-refractivity contribution in [2.75, 3.05) is 20.6 Å². The van der Waals surface area contributed by atoms with Crippen LogP contribution in [0.3, 0.4) is 0 Å². The summed E-state index contributed by atoms with van der Waals surface area (Å²) in [7, 11) is 4.19. The Balaban J connectivity index is 2.33. The van der Waals surface area contributed by atoms with Crippen LogP contribution in [-0.4, -0.2) is 30.6 Å². The summed E-state index contributed by atoms with van der Waals surface area (Å²) in [4.78, 5) is 2.20. The molecule has 1 saturated carbocycles. The van der Waals surface area contributed by atoms with E-state index in [0.717, 1.165) is 31.4 Å². The van der Waals surface area contributed by atoms with E-state index in [1.807, 2.05) is 0 Å². The molecule has 2 heteroatoms. The molecule has 0 heterocycles. The van der Waals surface area contributed by atoms with E-state index in [9.17, 15) is 5.11 Å². The third kappa shape index (κ3) is 3.01. The van der Waals surface area contributed by atoms with Crippen LogP contribution in [0.25, 0.3) is 0 Å². The number of aliphatic hydroxyl groups is 1. The molecule has 1 aliphatic rings. The Morgan fingerprint density at radius 2 is 1.95 bits per heavy atom. The van der Waals surface area contributed by atoms with Gasteiger partial charge < -0.3 is 10.0 Å². The number of nitrogens with zero attached hydrogens (tertiary/aromatic N) is 1. The number of rotatable bonds is 3. The summed E-state index contributed by atoms with van der Waals surface area (Å²) >= 11 is 0. The van der Waals surface area contributed by atoms with Gasteiger partial charge in [0.15, 0.2) is 0 Å². The molecule has 19 heavy (non-hydrogen) atoms. The standard InChI is InChI=1S/C17H27NO/c1-13-8-9-15(11-14(13)2)17(19)10-6-5-7-16(17)12-18(3)4/h8-9,11,16,19H,5-7,10,12H2,1-4H3/t16-,17+/m1/s1. The highest BCUT2D eigenvalue weighted by atomic mass is 16.3. The van der Waals surface area contributed by atoms with Crippen LogP contribution < -0.4 is 0 Å². The topological polar surface area (TPSA) is 23.5 Å². The van der Waals surface area contributed by atoms with Crippen LogP contribution in [0.1, 0.15) is 42.4 Å². The van der Waals surface area contributed by atoms with Gasteiger partial charge in [0.05, 0.1) is 5.60 Å². The molecule has 0 aliphatic heterocycles. The molecule has 1 aromatic carbocycles. The number of hydrogen-bond donors (Lipinski definition) is 1. The average molecular weight is 261 g/mol. The van der Waals surface area contributed by atoms with Gasteiger partial charge in [-0.05, 0) is 57.5 Å². The van der Waals surface area contributed by atoms with Crippen molar-refractivity contribution in [1.29, 1.82) is 0 Å². The van der Waals surface area contributed by atoms with E-state index >= 15 is 0 Å². The Hall–Kier alpha value is -0.860. The van der Waals surface area contributed by atoms with E-state index in [0.29, 0.717) is 5.92 Å². The molecule has 0 amide bonds. The van der Waals surface area contributed by atoms with E-state index in [2.05, 4.69) is 51.0 Å². The van der Waals surface area contributed by atoms with E-state index in [1.54, 1.807) is 0 Å². The number of aryl methyl sites for hydroxylation is 2. The van der Waals surface area contributed by atoms with E-state index < -0.39 is 5.60 Å². The summed E-state index contributed by atoms with van der Waals surface area (Å²) in [5, 5.41) is 11.2. The van der Waals surface area contributed by atoms with Crippen molar-refractivity contribution in [1.82, 2.24) is 4.90 Å². The normalized spacial score (nSPS) is 27.8. The molecule has 1 N–H and O–H groups in total. The maximum atomic E-state index is 11.2. The molecule has 1 aromatic rings. The van der Waals surface area contributed by atoms with Crippen molar-refractivity contribution >= 4 is 0 Å². The van der Waals surface area contributed by atoms with Crippen molar-refractivity contribution in [2.24, 2.45) is 5.92 Å². The van der Waals surface area contributed by atoms with Crippen molar-refractivity contribution in [2.45, 2.75) is 45.1 Å². The Morgan fingerprint density at radius 1 is 1.21 bits per heavy atom. The first-order valence-electron chi connectivity index (χ1n) is 7.38. The zero-order valence-corrected chi connectivity index (χ0v) is 12.7. The maximum Gasteiger partial charge on any atom is 0.0936 e. The van der Waals surface area contributed by atoms with Gasteiger partial charge in [0.2, 0.25) is 0 Å². The fourth-order valence-corrected chi connectivity index (χ4v) is 3.30. The van der Waals surface area contributed by atoms with Crippen LogP contribution in [0.2, 0.25) is 0 Å². The number of hydrogen-bond acceptors (Lipinski definition) is 2. The zero-order valence-electron chi connectivity index (χ0n) is 12.7. The third-order valence-corrected chi connectivity index (χ3v) is 4.63. The lowest BCUT2D eigenvalue weighted by molar-refractivity contribution is -0.0619. The molecule has 2 rings (SSSR count). The fraction of sp³-hybridized carbons (Fsp3) is 0.647. The molecule has 1 fully saturated rings. The van der Waals surface area contributed by atoms with Gasteiger partial charge in [-0.25, -0.2) is 0 Å². The van der Waals surface area contributed by atoms with Crippen molar-refractivity contribution < 1.29 is 5.11 Å². The quantitative estimate of drug-likeness (QED) is 0.903. The minimum atomic E-state index is -0.638. The van der Waals surface area contributed by atoms with Crippen molar-refractivity contribution in [3.05, 3.63) is 34.9 Å². The minimum Gasteiger partial charge on any atom is -0.385 e. The Labute approximate surface area is 117 Å². The molecule has 0 saturated heterocycles. The van der Waals surface area contributed by atoms with E-state index in [4.69, 9.17) is 0 Å². The molecule has 0 unspecified atom stereocenters. The monoisotopic (exact) mass is 261 g/mol. The molecule has 1 aliphatic carbocycles. The molecule has 0 spiro atoms. The summed E-state index contributed by atoms with van der Waals surface area (Å²) < 4.78 is 0. The van der Waals surface area contributed by atoms with Gasteiger partial charge in [0.25, 0.3) is 0 Å². The summed E-state index contributed by atoms with van der Waals surface area (Å²) in [6.45, 7) is 5.22. The predicted molar refractivity (Wildman–Crippen MR) is 80.3 cm³/mol. The molecule has 2 atom stereocenters. The summed E-state index contributed by atoms with van der Waals surface area (Å²) in [6, 6.07) is 6.45. The summed E-state index contributed by atoms with van der Waals surface area (Å²) in [6.07, 6.45) is 4.40. The summed E-state index contributed by atoms with van der Waals surface area (Å²) in [5.74, 6) is 0.346. The van der Waals surface area contributed by atoms with Gasteiger partial charge in [-0.15, -0.1) is 0 Å². The van der Waals surface area contributed by atoms with Crippen LogP contribution in [0.4, 0.5) is 0 Å². The van der Waals surface area contributed by atoms with Gasteiger partial charge in [-0.1, -0.05) is 31.0 Å². The highest BCUT2D eigenvalue weighted by molar-refractivity contribution is 5.34. The second-order valence-electron chi connectivity index (χ2n) is 6.43. The van der Waals surface area contributed by atoms with Crippen molar-refractivity contribution in [3.63, 3.8) is 0 Å². The Morgan fingerprint density at radius 3 is 2.58 bits per heavy atom. The molecule has 0 bridgehead atoms. The molecule has 106 valence electrons. The Bertz CT molecular complexity index is 441. The van der Waals surface area contributed by atoms with Gasteiger partial charge in [0, 0.05) is 12.5 Å². The van der Waals surface area contributed by atoms with Gasteiger partial charge >= 0.3 is 0 Å². The molecule has 2 nitrogen and oxygen atoms in total. The van der Waals surface area contributed by atoms with Crippen LogP contribution in [-0.2, 0) is 5.60 Å². The second-order valence-corrected chi connectivity index (χ2v) is 6.43. The van der Waals surface area contributed by atoms with Crippen LogP contribution in [0, 0.1) is 19.8 Å². The smallest absolute Gasteiger partial charge is 0.0936 e. The zero-order chi connectivity index (χ0) is 14.0. The molecule has 0 radical (unpaired) electrons. The van der Waals surface area contributed by atoms with E-state index in [-0.39, 0.29) is 0 Å². The first-order valence-corrected chi connectivity index (χ1v) is 7.38. The van der Waals surface area contributed by atoms with Gasteiger partial charge in [0.1, 0.15) is 0 Å². The van der Waals surface area contributed by atoms with Crippen LogP contribution in [0.15, 0.2) is 18.2 Å². The SMILES string of the molecule is Cc1ccc([C@@]2(O)CCCC[C@@H]2CN(C)C)cc1C. The van der Waals surface area contributed by atoms with Crippen molar-refractivity contribution in [3.8, 4) is 0 Å². The first kappa shape index (κ1) is 14.5. The highest BCUT2D eigenvalue weighted by Crippen LogP contribution is 2.42. The second kappa shape index (κ2) is 5.64. The van der Waals surface area contributed by atoms with Gasteiger partial charge in [-0.3, -0.25) is 0 Å². The largest absolute Gasteiger partial charge is 0.385 e. The maximum absolute atomic E-state index is 11.2. The average Bonchev–Trinajstić information content (AvgIpc) is 2.35. The first-order chi connectivity index (χ1) is 8.93. The lowest BCUT2D eigenvalue weighted by atomic mass is 9.71. The summed E-state index contributed by atoms with van der Waals surface area (Å²) in [5.41, 5.74) is 3.05.